The molecule has 0 saturated carbocycles. The Balaban J connectivity index is 2.15. The molecule has 0 fully saturated rings. The van der Waals surface area contributed by atoms with Gasteiger partial charge in [-0.05, 0) is 42.9 Å². The number of hydrogen-bond acceptors (Lipinski definition) is 5. The van der Waals surface area contributed by atoms with Crippen LogP contribution in [0, 0.1) is 15.9 Å². The fraction of sp³-hybridized carbons (Fsp3) is 0.176. The summed E-state index contributed by atoms with van der Waals surface area (Å²) in [6.07, 6.45) is 0.767. The first-order valence-corrected chi connectivity index (χ1v) is 9.00. The monoisotopic (exact) mass is 455 g/mol. The number of non-ortho nitro benzene ring substituents is 1. The van der Waals surface area contributed by atoms with Crippen molar-refractivity contribution in [1.29, 1.82) is 0 Å². The standard InChI is InChI=1S/C17H15BrFN3O4S/c1-2-7-26-15-6-3-10(18)8-12(15)16(23)21-17(27)20-14-9-11(22(24)25)4-5-13(14)19/h3-6,8-9H,2,7H2,1H3,(H2,20,21,23,27). The van der Waals surface area contributed by atoms with Gasteiger partial charge in [0.25, 0.3) is 11.6 Å². The van der Waals surface area contributed by atoms with Gasteiger partial charge >= 0.3 is 0 Å². The summed E-state index contributed by atoms with van der Waals surface area (Å²) in [5.41, 5.74) is -0.289. The van der Waals surface area contributed by atoms with Gasteiger partial charge in [-0.25, -0.2) is 4.39 Å². The van der Waals surface area contributed by atoms with E-state index in [0.29, 0.717) is 16.8 Å². The minimum atomic E-state index is -0.744. The van der Waals surface area contributed by atoms with Crippen LogP contribution in [0.15, 0.2) is 40.9 Å². The lowest BCUT2D eigenvalue weighted by Crippen LogP contribution is -2.34. The number of nitro groups is 1. The summed E-state index contributed by atoms with van der Waals surface area (Å²) in [5.74, 6) is -0.931. The predicted molar refractivity (Wildman–Crippen MR) is 107 cm³/mol. The molecule has 2 aromatic carbocycles. The van der Waals surface area contributed by atoms with Gasteiger partial charge in [0, 0.05) is 16.6 Å². The lowest BCUT2D eigenvalue weighted by Gasteiger charge is -2.13. The highest BCUT2D eigenvalue weighted by molar-refractivity contribution is 9.10. The lowest BCUT2D eigenvalue weighted by atomic mass is 10.2. The highest BCUT2D eigenvalue weighted by atomic mass is 79.9. The molecule has 0 aliphatic heterocycles. The minimum absolute atomic E-state index is 0.208. The summed E-state index contributed by atoms with van der Waals surface area (Å²) < 4.78 is 20.0. The number of amides is 1. The molecule has 0 radical (unpaired) electrons. The van der Waals surface area contributed by atoms with Crippen LogP contribution < -0.4 is 15.4 Å². The van der Waals surface area contributed by atoms with E-state index in [9.17, 15) is 19.3 Å². The van der Waals surface area contributed by atoms with E-state index in [0.717, 1.165) is 24.6 Å². The van der Waals surface area contributed by atoms with Gasteiger partial charge in [0.1, 0.15) is 11.6 Å². The number of carbonyl (C=O) groups is 1. The molecular formula is C17H15BrFN3O4S. The molecule has 2 aromatic rings. The molecule has 0 saturated heterocycles. The van der Waals surface area contributed by atoms with Crippen LogP contribution in [0.5, 0.6) is 5.75 Å². The molecule has 27 heavy (non-hydrogen) atoms. The first kappa shape index (κ1) is 20.7. The molecular weight excluding hydrogens is 441 g/mol. The summed E-state index contributed by atoms with van der Waals surface area (Å²) in [4.78, 5) is 22.6. The zero-order valence-electron chi connectivity index (χ0n) is 14.1. The maximum absolute atomic E-state index is 13.8. The van der Waals surface area contributed by atoms with Crippen LogP contribution in [0.25, 0.3) is 0 Å². The summed E-state index contributed by atoms with van der Waals surface area (Å²) in [5, 5.41) is 15.5. The number of hydrogen-bond donors (Lipinski definition) is 2. The van der Waals surface area contributed by atoms with E-state index in [4.69, 9.17) is 17.0 Å². The molecule has 2 N–H and O–H groups in total. The maximum atomic E-state index is 13.8. The number of anilines is 1. The van der Waals surface area contributed by atoms with Crippen LogP contribution in [-0.4, -0.2) is 22.5 Å². The van der Waals surface area contributed by atoms with Gasteiger partial charge in [-0.2, -0.15) is 0 Å². The zero-order valence-corrected chi connectivity index (χ0v) is 16.5. The predicted octanol–water partition coefficient (Wildman–Crippen LogP) is 4.41. The molecule has 142 valence electrons. The van der Waals surface area contributed by atoms with E-state index in [1.807, 2.05) is 6.92 Å². The number of rotatable bonds is 6. The lowest BCUT2D eigenvalue weighted by molar-refractivity contribution is -0.384. The molecule has 1 amide bonds. The second-order valence-electron chi connectivity index (χ2n) is 5.32. The highest BCUT2D eigenvalue weighted by Gasteiger charge is 2.17. The molecule has 0 aromatic heterocycles. The number of nitrogens with zero attached hydrogens (tertiary/aromatic N) is 1. The van der Waals surface area contributed by atoms with E-state index in [-0.39, 0.29) is 22.1 Å². The van der Waals surface area contributed by atoms with Gasteiger partial charge in [-0.15, -0.1) is 0 Å². The summed E-state index contributed by atoms with van der Waals surface area (Å²) in [7, 11) is 0. The number of nitrogens with one attached hydrogen (secondary N) is 2. The molecule has 0 unspecified atom stereocenters. The quantitative estimate of drug-likeness (QED) is 0.380. The zero-order chi connectivity index (χ0) is 20.0. The van der Waals surface area contributed by atoms with E-state index in [1.54, 1.807) is 18.2 Å². The Labute approximate surface area is 168 Å². The van der Waals surface area contributed by atoms with Crippen molar-refractivity contribution in [2.75, 3.05) is 11.9 Å². The van der Waals surface area contributed by atoms with E-state index < -0.39 is 16.6 Å². The van der Waals surface area contributed by atoms with E-state index in [1.165, 1.54) is 0 Å². The Morgan fingerprint density at radius 1 is 1.33 bits per heavy atom. The third-order valence-corrected chi connectivity index (χ3v) is 3.98. The van der Waals surface area contributed by atoms with Gasteiger partial charge in [0.15, 0.2) is 5.11 Å². The molecule has 0 atom stereocenters. The molecule has 0 spiro atoms. The SMILES string of the molecule is CCCOc1ccc(Br)cc1C(=O)NC(=S)Nc1cc([N+](=O)[O-])ccc1F. The Hall–Kier alpha value is -2.59. The average Bonchev–Trinajstić information content (AvgIpc) is 2.62. The topological polar surface area (TPSA) is 93.5 Å². The van der Waals surface area contributed by atoms with E-state index in [2.05, 4.69) is 26.6 Å². The molecule has 0 aliphatic rings. The van der Waals surface area contributed by atoms with Gasteiger partial charge in [-0.1, -0.05) is 22.9 Å². The van der Waals surface area contributed by atoms with Crippen LogP contribution in [0.4, 0.5) is 15.8 Å². The highest BCUT2D eigenvalue weighted by Crippen LogP contribution is 2.24. The summed E-state index contributed by atoms with van der Waals surface area (Å²) in [6, 6.07) is 7.90. The number of nitro benzene ring substituents is 1. The maximum Gasteiger partial charge on any atom is 0.271 e. The molecule has 7 nitrogen and oxygen atoms in total. The van der Waals surface area contributed by atoms with Crippen molar-refractivity contribution in [3.63, 3.8) is 0 Å². The van der Waals surface area contributed by atoms with Crippen LogP contribution in [0.3, 0.4) is 0 Å². The van der Waals surface area contributed by atoms with Crippen molar-refractivity contribution in [2.45, 2.75) is 13.3 Å². The number of carbonyl (C=O) groups excluding carboxylic acids is 1. The van der Waals surface area contributed by atoms with Gasteiger partial charge < -0.3 is 10.1 Å². The molecule has 2 rings (SSSR count). The molecule has 0 aliphatic carbocycles. The fourth-order valence-electron chi connectivity index (χ4n) is 2.06. The smallest absolute Gasteiger partial charge is 0.271 e. The molecule has 0 heterocycles. The normalized spacial score (nSPS) is 10.2. The second kappa shape index (κ2) is 9.38. The number of halogens is 2. The van der Waals surface area contributed by atoms with Crippen molar-refractivity contribution in [2.24, 2.45) is 0 Å². The van der Waals surface area contributed by atoms with Crippen LogP contribution >= 0.6 is 28.1 Å². The third kappa shape index (κ3) is 5.69. The van der Waals surface area contributed by atoms with Crippen molar-refractivity contribution < 1.29 is 18.8 Å². The first-order chi connectivity index (χ1) is 12.8. The van der Waals surface area contributed by atoms with Crippen LogP contribution in [-0.2, 0) is 0 Å². The Morgan fingerprint density at radius 2 is 2.07 bits per heavy atom. The Morgan fingerprint density at radius 3 is 2.74 bits per heavy atom. The summed E-state index contributed by atoms with van der Waals surface area (Å²) in [6.45, 7) is 2.37. The minimum Gasteiger partial charge on any atom is -0.493 e. The summed E-state index contributed by atoms with van der Waals surface area (Å²) >= 11 is 8.30. The number of thiocarbonyl (C=S) groups is 1. The van der Waals surface area contributed by atoms with Gasteiger partial charge in [-0.3, -0.25) is 20.2 Å². The Bertz CT molecular complexity index is 894. The fourth-order valence-corrected chi connectivity index (χ4v) is 2.63. The van der Waals surface area contributed by atoms with Crippen molar-refractivity contribution in [3.8, 4) is 5.75 Å². The third-order valence-electron chi connectivity index (χ3n) is 3.28. The average molecular weight is 456 g/mol. The largest absolute Gasteiger partial charge is 0.493 e. The Kier molecular flexibility index (Phi) is 7.19. The van der Waals surface area contributed by atoms with Crippen molar-refractivity contribution >= 4 is 50.5 Å². The van der Waals surface area contributed by atoms with Gasteiger partial charge in [0.2, 0.25) is 0 Å². The second-order valence-corrected chi connectivity index (χ2v) is 6.64. The molecule has 10 heteroatoms. The van der Waals surface area contributed by atoms with Crippen molar-refractivity contribution in [3.05, 3.63) is 62.4 Å². The first-order valence-electron chi connectivity index (χ1n) is 7.80. The van der Waals surface area contributed by atoms with Gasteiger partial charge in [0.05, 0.1) is 22.8 Å². The van der Waals surface area contributed by atoms with E-state index >= 15 is 0 Å². The number of benzene rings is 2. The van der Waals surface area contributed by atoms with Crippen molar-refractivity contribution in [1.82, 2.24) is 5.32 Å². The number of ether oxygens (including phenoxy) is 1. The van der Waals surface area contributed by atoms with Crippen LogP contribution in [0.1, 0.15) is 23.7 Å². The molecule has 0 bridgehead atoms. The van der Waals surface area contributed by atoms with Crippen LogP contribution in [0.2, 0.25) is 0 Å².